The smallest absolute Gasteiger partial charge is 0.313 e. The Bertz CT molecular complexity index is 661. The highest BCUT2D eigenvalue weighted by Crippen LogP contribution is 2.27. The van der Waals surface area contributed by atoms with Crippen molar-refractivity contribution >= 4 is 5.97 Å². The van der Waals surface area contributed by atoms with Crippen molar-refractivity contribution in [2.24, 2.45) is 0 Å². The molecule has 1 atom stereocenters. The first kappa shape index (κ1) is 14.9. The van der Waals surface area contributed by atoms with Gasteiger partial charge in [-0.1, -0.05) is 18.2 Å². The van der Waals surface area contributed by atoms with Gasteiger partial charge in [0.1, 0.15) is 18.0 Å². The Labute approximate surface area is 121 Å². The third kappa shape index (κ3) is 3.16. The maximum Gasteiger partial charge on any atom is 0.313 e. The number of carboxylic acids is 1. The van der Waals surface area contributed by atoms with E-state index in [1.807, 2.05) is 0 Å². The van der Waals surface area contributed by atoms with E-state index in [0.717, 1.165) is 0 Å². The molecule has 0 bridgehead atoms. The van der Waals surface area contributed by atoms with Crippen LogP contribution in [0.1, 0.15) is 22.9 Å². The zero-order valence-corrected chi connectivity index (χ0v) is 11.7. The highest BCUT2D eigenvalue weighted by molar-refractivity contribution is 5.76. The summed E-state index contributed by atoms with van der Waals surface area (Å²) in [5.74, 6) is -2.35. The molecular weight excluding hydrogens is 275 g/mol. The molecule has 5 nitrogen and oxygen atoms in total. The summed E-state index contributed by atoms with van der Waals surface area (Å²) in [5, 5.41) is 9.40. The van der Waals surface area contributed by atoms with Crippen LogP contribution in [0.5, 0.6) is 5.75 Å². The van der Waals surface area contributed by atoms with Crippen molar-refractivity contribution in [2.45, 2.75) is 19.3 Å². The Morgan fingerprint density at radius 3 is 2.76 bits per heavy atom. The summed E-state index contributed by atoms with van der Waals surface area (Å²) in [6, 6.07) is 7.04. The van der Waals surface area contributed by atoms with Crippen LogP contribution in [0.4, 0.5) is 4.39 Å². The lowest BCUT2D eigenvalue weighted by Crippen LogP contribution is -2.18. The van der Waals surface area contributed by atoms with Crippen LogP contribution in [0, 0.1) is 12.7 Å². The Morgan fingerprint density at radius 1 is 1.38 bits per heavy atom. The third-order valence-corrected chi connectivity index (χ3v) is 3.24. The number of hydrogen-bond donors (Lipinski definition) is 1. The van der Waals surface area contributed by atoms with Gasteiger partial charge in [0.05, 0.1) is 18.5 Å². The van der Waals surface area contributed by atoms with Crippen LogP contribution in [-0.4, -0.2) is 28.2 Å². The molecule has 0 saturated heterocycles. The maximum atomic E-state index is 14.1. The van der Waals surface area contributed by atoms with E-state index in [0.29, 0.717) is 11.3 Å². The molecule has 0 fully saturated rings. The van der Waals surface area contributed by atoms with E-state index >= 15 is 0 Å². The fourth-order valence-electron chi connectivity index (χ4n) is 2.11. The van der Waals surface area contributed by atoms with Crippen LogP contribution in [0.15, 0.2) is 30.6 Å². The Morgan fingerprint density at radius 2 is 2.10 bits per heavy atom. The molecule has 6 heteroatoms. The number of hydrogen-bond acceptors (Lipinski definition) is 4. The van der Waals surface area contributed by atoms with Gasteiger partial charge in [0, 0.05) is 0 Å². The predicted octanol–water partition coefficient (Wildman–Crippen LogP) is 2.34. The van der Waals surface area contributed by atoms with Crippen molar-refractivity contribution < 1.29 is 19.0 Å². The second-order valence-electron chi connectivity index (χ2n) is 4.57. The monoisotopic (exact) mass is 290 g/mol. The number of aromatic nitrogens is 2. The summed E-state index contributed by atoms with van der Waals surface area (Å²) in [7, 11) is 1.50. The summed E-state index contributed by atoms with van der Waals surface area (Å²) in [6.45, 7) is 1.47. The van der Waals surface area contributed by atoms with Crippen LogP contribution in [0.25, 0.3) is 0 Å². The zero-order valence-electron chi connectivity index (χ0n) is 11.7. The van der Waals surface area contributed by atoms with E-state index < -0.39 is 17.7 Å². The van der Waals surface area contributed by atoms with Gasteiger partial charge in [0.2, 0.25) is 0 Å². The molecule has 0 aliphatic carbocycles. The lowest BCUT2D eigenvalue weighted by Gasteiger charge is -2.15. The molecule has 1 aromatic heterocycles. The van der Waals surface area contributed by atoms with Crippen molar-refractivity contribution in [2.75, 3.05) is 7.11 Å². The molecule has 0 aliphatic rings. The predicted molar refractivity (Wildman–Crippen MR) is 73.8 cm³/mol. The standard InChI is InChI=1S/C15H15FN2O3/c1-9-13(16)14(18-8-17-9)11(15(19)20)7-10-5-3-4-6-12(10)21-2/h3-6,8,11H,7H2,1-2H3,(H,19,20). The molecule has 2 rings (SSSR count). The topological polar surface area (TPSA) is 72.3 Å². The lowest BCUT2D eigenvalue weighted by atomic mass is 9.94. The van der Waals surface area contributed by atoms with Crippen LogP contribution < -0.4 is 4.74 Å². The first-order chi connectivity index (χ1) is 10.0. The number of ether oxygens (including phenoxy) is 1. The van der Waals surface area contributed by atoms with Gasteiger partial charge in [-0.25, -0.2) is 14.4 Å². The number of nitrogens with zero attached hydrogens (tertiary/aromatic N) is 2. The number of aryl methyl sites for hydroxylation is 1. The number of benzene rings is 1. The van der Waals surface area contributed by atoms with E-state index in [9.17, 15) is 14.3 Å². The molecule has 110 valence electrons. The van der Waals surface area contributed by atoms with Gasteiger partial charge in [-0.3, -0.25) is 4.79 Å². The second kappa shape index (κ2) is 6.30. The SMILES string of the molecule is COc1ccccc1CC(C(=O)O)c1ncnc(C)c1F. The van der Waals surface area contributed by atoms with Gasteiger partial charge in [-0.15, -0.1) is 0 Å². The number of methoxy groups -OCH3 is 1. The van der Waals surface area contributed by atoms with Crippen LogP contribution in [0.2, 0.25) is 0 Å². The summed E-state index contributed by atoms with van der Waals surface area (Å²) in [6.07, 6.45) is 1.26. The van der Waals surface area contributed by atoms with Gasteiger partial charge in [-0.05, 0) is 25.0 Å². The first-order valence-electron chi connectivity index (χ1n) is 6.36. The molecule has 0 spiro atoms. The highest BCUT2D eigenvalue weighted by Gasteiger charge is 2.27. The number of carbonyl (C=O) groups is 1. The number of carboxylic acid groups (broad SMARTS) is 1. The van der Waals surface area contributed by atoms with Gasteiger partial charge in [0.25, 0.3) is 0 Å². The average molecular weight is 290 g/mol. The third-order valence-electron chi connectivity index (χ3n) is 3.24. The van der Waals surface area contributed by atoms with Crippen LogP contribution in [-0.2, 0) is 11.2 Å². The maximum absolute atomic E-state index is 14.1. The van der Waals surface area contributed by atoms with E-state index in [1.54, 1.807) is 24.3 Å². The van der Waals surface area contributed by atoms with Crippen molar-refractivity contribution in [1.29, 1.82) is 0 Å². The van der Waals surface area contributed by atoms with Gasteiger partial charge >= 0.3 is 5.97 Å². The largest absolute Gasteiger partial charge is 0.496 e. The minimum Gasteiger partial charge on any atom is -0.496 e. The molecule has 0 saturated carbocycles. The molecule has 1 heterocycles. The van der Waals surface area contributed by atoms with E-state index in [-0.39, 0.29) is 17.8 Å². The normalized spacial score (nSPS) is 12.0. The van der Waals surface area contributed by atoms with Crippen molar-refractivity contribution in [1.82, 2.24) is 9.97 Å². The number of rotatable bonds is 5. The number of aliphatic carboxylic acids is 1. The van der Waals surface area contributed by atoms with E-state index in [1.165, 1.54) is 20.4 Å². The quantitative estimate of drug-likeness (QED) is 0.915. The van der Waals surface area contributed by atoms with E-state index in [4.69, 9.17) is 4.74 Å². The lowest BCUT2D eigenvalue weighted by molar-refractivity contribution is -0.138. The first-order valence-corrected chi connectivity index (χ1v) is 6.36. The molecular formula is C15H15FN2O3. The number of para-hydroxylation sites is 1. The Hall–Kier alpha value is -2.50. The minimum atomic E-state index is -1.14. The molecule has 1 unspecified atom stereocenters. The molecule has 0 radical (unpaired) electrons. The van der Waals surface area contributed by atoms with Crippen molar-refractivity contribution in [3.05, 3.63) is 53.4 Å². The summed E-state index contributed by atoms with van der Waals surface area (Å²) in [5.41, 5.74) is 0.704. The molecule has 1 N–H and O–H groups in total. The fourth-order valence-corrected chi connectivity index (χ4v) is 2.11. The van der Waals surface area contributed by atoms with Gasteiger partial charge in [0.15, 0.2) is 5.82 Å². The molecule has 2 aromatic rings. The zero-order chi connectivity index (χ0) is 15.4. The number of halogens is 1. The van der Waals surface area contributed by atoms with Gasteiger partial charge < -0.3 is 9.84 Å². The van der Waals surface area contributed by atoms with Crippen LogP contribution >= 0.6 is 0 Å². The molecule has 1 aromatic carbocycles. The van der Waals surface area contributed by atoms with Crippen LogP contribution in [0.3, 0.4) is 0 Å². The summed E-state index contributed by atoms with van der Waals surface area (Å²) < 4.78 is 19.3. The molecule has 0 aliphatic heterocycles. The van der Waals surface area contributed by atoms with Gasteiger partial charge in [-0.2, -0.15) is 0 Å². The van der Waals surface area contributed by atoms with Crippen molar-refractivity contribution in [3.63, 3.8) is 0 Å². The molecule has 0 amide bonds. The Kier molecular flexibility index (Phi) is 4.47. The Balaban J connectivity index is 2.41. The van der Waals surface area contributed by atoms with E-state index in [2.05, 4.69) is 9.97 Å². The summed E-state index contributed by atoms with van der Waals surface area (Å²) in [4.78, 5) is 19.0. The fraction of sp³-hybridized carbons (Fsp3) is 0.267. The molecule has 21 heavy (non-hydrogen) atoms. The average Bonchev–Trinajstić information content (AvgIpc) is 2.48. The minimum absolute atomic E-state index is 0.0900. The van der Waals surface area contributed by atoms with Crippen molar-refractivity contribution in [3.8, 4) is 5.75 Å². The summed E-state index contributed by atoms with van der Waals surface area (Å²) >= 11 is 0. The highest BCUT2D eigenvalue weighted by atomic mass is 19.1. The second-order valence-corrected chi connectivity index (χ2v) is 4.57.